The monoisotopic (exact) mass is 255 g/mol. The zero-order valence-corrected chi connectivity index (χ0v) is 11.1. The lowest BCUT2D eigenvalue weighted by atomic mass is 10.4. The Hall–Kier alpha value is -1.67. The Bertz CT molecular complexity index is 365. The molecule has 0 aliphatic carbocycles. The molecule has 1 aromatic rings. The largest absolute Gasteiger partial charge is 0.395 e. The van der Waals surface area contributed by atoms with Crippen molar-refractivity contribution in [2.45, 2.75) is 13.3 Å². The van der Waals surface area contributed by atoms with E-state index in [2.05, 4.69) is 27.3 Å². The summed E-state index contributed by atoms with van der Waals surface area (Å²) in [5.41, 5.74) is 2.42. The molecule has 0 saturated carbocycles. The molecule has 0 aliphatic rings. The number of nitrogens with two attached hydrogens (primary N) is 1. The molecule has 0 aromatic carbocycles. The molecule has 0 fully saturated rings. The van der Waals surface area contributed by atoms with Crippen LogP contribution in [0.4, 0.5) is 17.8 Å². The molecule has 0 radical (unpaired) electrons. The lowest BCUT2D eigenvalue weighted by Gasteiger charge is -2.22. The second kappa shape index (κ2) is 6.92. The van der Waals surface area contributed by atoms with Crippen molar-refractivity contribution in [3.8, 4) is 0 Å². The minimum absolute atomic E-state index is 0.0500. The molecule has 0 saturated heterocycles. The molecule has 18 heavy (non-hydrogen) atoms. The van der Waals surface area contributed by atoms with E-state index >= 15 is 0 Å². The lowest BCUT2D eigenvalue weighted by Crippen LogP contribution is -2.30. The first kappa shape index (κ1) is 14.4. The highest BCUT2D eigenvalue weighted by molar-refractivity contribution is 5.44. The average Bonchev–Trinajstić information content (AvgIpc) is 2.37. The highest BCUT2D eigenvalue weighted by atomic mass is 16.3. The van der Waals surface area contributed by atoms with Crippen LogP contribution in [0.25, 0.3) is 0 Å². The number of aromatic nitrogens is 3. The summed E-state index contributed by atoms with van der Waals surface area (Å²) in [5.74, 6) is 6.69. The summed E-state index contributed by atoms with van der Waals surface area (Å²) in [6.07, 6.45) is 0.939. The van der Waals surface area contributed by atoms with Crippen molar-refractivity contribution in [1.29, 1.82) is 0 Å². The van der Waals surface area contributed by atoms with E-state index in [1.165, 1.54) is 0 Å². The Morgan fingerprint density at radius 1 is 1.17 bits per heavy atom. The van der Waals surface area contributed by atoms with Crippen LogP contribution in [0.15, 0.2) is 0 Å². The Kier molecular flexibility index (Phi) is 5.53. The van der Waals surface area contributed by atoms with Crippen molar-refractivity contribution < 1.29 is 5.11 Å². The predicted molar refractivity (Wildman–Crippen MR) is 71.6 cm³/mol. The first-order chi connectivity index (χ1) is 8.62. The zero-order chi connectivity index (χ0) is 13.5. The van der Waals surface area contributed by atoms with Gasteiger partial charge in [0.25, 0.3) is 0 Å². The summed E-state index contributed by atoms with van der Waals surface area (Å²) < 4.78 is 0. The molecule has 0 unspecified atom stereocenters. The zero-order valence-electron chi connectivity index (χ0n) is 11.1. The van der Waals surface area contributed by atoms with Gasteiger partial charge in [0, 0.05) is 27.2 Å². The fourth-order valence-electron chi connectivity index (χ4n) is 1.46. The highest BCUT2D eigenvalue weighted by Crippen LogP contribution is 2.14. The number of nitrogens with one attached hydrogen (secondary N) is 1. The van der Waals surface area contributed by atoms with Crippen molar-refractivity contribution in [2.75, 3.05) is 49.0 Å². The van der Waals surface area contributed by atoms with E-state index in [1.54, 1.807) is 4.90 Å². The van der Waals surface area contributed by atoms with Gasteiger partial charge in [-0.05, 0) is 6.42 Å². The van der Waals surface area contributed by atoms with Crippen LogP contribution in [0.5, 0.6) is 0 Å². The van der Waals surface area contributed by atoms with Gasteiger partial charge in [0.05, 0.1) is 6.61 Å². The number of hydrogen-bond acceptors (Lipinski definition) is 8. The molecule has 4 N–H and O–H groups in total. The van der Waals surface area contributed by atoms with Crippen LogP contribution in [0.3, 0.4) is 0 Å². The quantitative estimate of drug-likeness (QED) is 0.440. The minimum Gasteiger partial charge on any atom is -0.395 e. The summed E-state index contributed by atoms with van der Waals surface area (Å²) in [4.78, 5) is 16.3. The summed E-state index contributed by atoms with van der Waals surface area (Å²) in [5, 5.41) is 9.07. The number of anilines is 3. The third kappa shape index (κ3) is 3.67. The molecule has 0 spiro atoms. The van der Waals surface area contributed by atoms with Crippen LogP contribution >= 0.6 is 0 Å². The van der Waals surface area contributed by atoms with Gasteiger partial charge in [-0.15, -0.1) is 0 Å². The molecule has 8 nitrogen and oxygen atoms in total. The van der Waals surface area contributed by atoms with Crippen molar-refractivity contribution in [2.24, 2.45) is 5.84 Å². The fraction of sp³-hybridized carbons (Fsp3) is 0.700. The van der Waals surface area contributed by atoms with E-state index in [0.29, 0.717) is 24.4 Å². The van der Waals surface area contributed by atoms with Crippen LogP contribution in [0, 0.1) is 0 Å². The molecule has 102 valence electrons. The van der Waals surface area contributed by atoms with Crippen LogP contribution in [-0.2, 0) is 0 Å². The van der Waals surface area contributed by atoms with Crippen molar-refractivity contribution in [1.82, 2.24) is 15.0 Å². The van der Waals surface area contributed by atoms with E-state index in [4.69, 9.17) is 10.9 Å². The van der Waals surface area contributed by atoms with Crippen LogP contribution in [0.1, 0.15) is 13.3 Å². The SMILES string of the molecule is CCCN(CCO)c1nc(NN)nc(N(C)C)n1. The molecule has 0 atom stereocenters. The van der Waals surface area contributed by atoms with Gasteiger partial charge in [-0.2, -0.15) is 15.0 Å². The molecular weight excluding hydrogens is 234 g/mol. The summed E-state index contributed by atoms with van der Waals surface area (Å²) in [6.45, 7) is 3.35. The molecule has 0 amide bonds. The summed E-state index contributed by atoms with van der Waals surface area (Å²) in [6, 6.07) is 0. The van der Waals surface area contributed by atoms with Gasteiger partial charge in [-0.25, -0.2) is 5.84 Å². The highest BCUT2D eigenvalue weighted by Gasteiger charge is 2.13. The predicted octanol–water partition coefficient (Wildman–Crippen LogP) is -0.568. The van der Waals surface area contributed by atoms with Crippen molar-refractivity contribution in [3.63, 3.8) is 0 Å². The van der Waals surface area contributed by atoms with Crippen molar-refractivity contribution >= 4 is 17.8 Å². The van der Waals surface area contributed by atoms with E-state index in [9.17, 15) is 0 Å². The molecule has 0 bridgehead atoms. The Morgan fingerprint density at radius 2 is 1.83 bits per heavy atom. The Balaban J connectivity index is 3.07. The molecule has 0 aliphatic heterocycles. The first-order valence-corrected chi connectivity index (χ1v) is 5.88. The molecule has 1 rings (SSSR count). The standard InChI is InChI=1S/C10H21N7O/c1-4-5-17(6-7-18)10-13-8(15-11)12-9(14-10)16(2)3/h18H,4-7,11H2,1-3H3,(H,12,13,14,15). The third-order valence-corrected chi connectivity index (χ3v) is 2.29. The maximum atomic E-state index is 9.07. The second-order valence-corrected chi connectivity index (χ2v) is 4.01. The van der Waals surface area contributed by atoms with Gasteiger partial charge in [-0.1, -0.05) is 6.92 Å². The smallest absolute Gasteiger partial charge is 0.243 e. The van der Waals surface area contributed by atoms with Gasteiger partial charge in [0.15, 0.2) is 0 Å². The molecule has 8 heteroatoms. The van der Waals surface area contributed by atoms with Gasteiger partial charge in [0.2, 0.25) is 17.8 Å². The number of hydrazine groups is 1. The normalized spacial score (nSPS) is 10.3. The first-order valence-electron chi connectivity index (χ1n) is 5.88. The number of nitrogen functional groups attached to an aromatic ring is 1. The van der Waals surface area contributed by atoms with Gasteiger partial charge < -0.3 is 14.9 Å². The van der Waals surface area contributed by atoms with Gasteiger partial charge in [-0.3, -0.25) is 5.43 Å². The number of aliphatic hydroxyl groups is 1. The van der Waals surface area contributed by atoms with Crippen molar-refractivity contribution in [3.05, 3.63) is 0 Å². The van der Waals surface area contributed by atoms with E-state index in [-0.39, 0.29) is 6.61 Å². The van der Waals surface area contributed by atoms with E-state index < -0.39 is 0 Å². The topological polar surface area (TPSA) is 103 Å². The fourth-order valence-corrected chi connectivity index (χ4v) is 1.46. The number of rotatable bonds is 7. The Morgan fingerprint density at radius 3 is 2.33 bits per heavy atom. The minimum atomic E-state index is 0.0500. The van der Waals surface area contributed by atoms with E-state index in [1.807, 2.05) is 19.0 Å². The lowest BCUT2D eigenvalue weighted by molar-refractivity contribution is 0.301. The van der Waals surface area contributed by atoms with E-state index in [0.717, 1.165) is 13.0 Å². The number of hydrogen-bond donors (Lipinski definition) is 3. The average molecular weight is 255 g/mol. The maximum Gasteiger partial charge on any atom is 0.243 e. The molecule has 1 aromatic heterocycles. The number of nitrogens with zero attached hydrogens (tertiary/aromatic N) is 5. The van der Waals surface area contributed by atoms with Crippen LogP contribution in [-0.4, -0.2) is 53.9 Å². The second-order valence-electron chi connectivity index (χ2n) is 4.01. The maximum absolute atomic E-state index is 9.07. The number of aliphatic hydroxyl groups excluding tert-OH is 1. The molecular formula is C10H21N7O. The van der Waals surface area contributed by atoms with Crippen LogP contribution in [0.2, 0.25) is 0 Å². The summed E-state index contributed by atoms with van der Waals surface area (Å²) in [7, 11) is 3.69. The van der Waals surface area contributed by atoms with Gasteiger partial charge in [0.1, 0.15) is 0 Å². The van der Waals surface area contributed by atoms with Gasteiger partial charge >= 0.3 is 0 Å². The molecule has 1 heterocycles. The van der Waals surface area contributed by atoms with Crippen LogP contribution < -0.4 is 21.1 Å². The Labute approximate surface area is 107 Å². The third-order valence-electron chi connectivity index (χ3n) is 2.29. The summed E-state index contributed by atoms with van der Waals surface area (Å²) >= 11 is 0.